The van der Waals surface area contributed by atoms with Crippen LogP contribution in [0.15, 0.2) is 42.6 Å². The highest BCUT2D eigenvalue weighted by Gasteiger charge is 2.34. The second-order valence-corrected chi connectivity index (χ2v) is 8.41. The van der Waals surface area contributed by atoms with Crippen molar-refractivity contribution in [3.63, 3.8) is 0 Å². The summed E-state index contributed by atoms with van der Waals surface area (Å²) in [5.41, 5.74) is 5.96. The number of nitrogens with zero attached hydrogens (tertiary/aromatic N) is 3. The van der Waals surface area contributed by atoms with Crippen molar-refractivity contribution >= 4 is 16.6 Å². The fourth-order valence-electron chi connectivity index (χ4n) is 4.01. The molecule has 3 aromatic rings. The molecule has 2 aromatic carbocycles. The Balaban J connectivity index is 1.57. The van der Waals surface area contributed by atoms with Crippen molar-refractivity contribution < 1.29 is 17.9 Å². The fourth-order valence-corrected chi connectivity index (χ4v) is 4.01. The van der Waals surface area contributed by atoms with Crippen molar-refractivity contribution in [3.8, 4) is 5.75 Å². The first-order valence-corrected chi connectivity index (χ1v) is 10.4. The maximum Gasteiger partial charge on any atom is 0.416 e. The number of rotatable bonds is 6. The molecule has 0 unspecified atom stereocenters. The molecule has 32 heavy (non-hydrogen) atoms. The van der Waals surface area contributed by atoms with Crippen molar-refractivity contribution in [1.29, 1.82) is 0 Å². The minimum Gasteiger partial charge on any atom is -0.490 e. The Morgan fingerprint density at radius 2 is 1.94 bits per heavy atom. The minimum atomic E-state index is -4.45. The summed E-state index contributed by atoms with van der Waals surface area (Å²) in [4.78, 5) is 2.19. The van der Waals surface area contributed by atoms with Crippen LogP contribution in [0.4, 0.5) is 19.0 Å². The second-order valence-electron chi connectivity index (χ2n) is 8.41. The van der Waals surface area contributed by atoms with E-state index in [1.165, 1.54) is 13.0 Å². The molecule has 0 bridgehead atoms. The van der Waals surface area contributed by atoms with Gasteiger partial charge in [0.15, 0.2) is 5.82 Å². The Hall–Kier alpha value is -2.91. The van der Waals surface area contributed by atoms with E-state index >= 15 is 0 Å². The Bertz CT molecular complexity index is 1110. The van der Waals surface area contributed by atoms with Crippen molar-refractivity contribution in [1.82, 2.24) is 15.1 Å². The lowest BCUT2D eigenvalue weighted by atomic mass is 9.88. The molecule has 0 radical (unpaired) electrons. The van der Waals surface area contributed by atoms with Gasteiger partial charge in [-0.25, -0.2) is 0 Å². The molecule has 1 fully saturated rings. The third-order valence-electron chi connectivity index (χ3n) is 6.05. The lowest BCUT2D eigenvalue weighted by Crippen LogP contribution is -2.46. The molecule has 3 N–H and O–H groups in total. The predicted molar refractivity (Wildman–Crippen MR) is 117 cm³/mol. The number of ether oxygens (including phenoxy) is 1. The normalized spacial score (nSPS) is 19.6. The molecule has 170 valence electrons. The first-order chi connectivity index (χ1) is 15.1. The van der Waals surface area contributed by atoms with Crippen LogP contribution in [0.2, 0.25) is 0 Å². The highest BCUT2D eigenvalue weighted by Crippen LogP contribution is 2.35. The van der Waals surface area contributed by atoms with Crippen LogP contribution < -0.4 is 15.8 Å². The topological polar surface area (TPSA) is 76.3 Å². The highest BCUT2D eigenvalue weighted by molar-refractivity contribution is 5.92. The Labute approximate surface area is 184 Å². The molecular weight excluding hydrogens is 419 g/mol. The number of fused-ring (bicyclic) bond motifs is 1. The van der Waals surface area contributed by atoms with Gasteiger partial charge in [0.1, 0.15) is 18.0 Å². The average molecular weight is 445 g/mol. The summed E-state index contributed by atoms with van der Waals surface area (Å²) in [7, 11) is 4.12. The number of anilines is 1. The van der Waals surface area contributed by atoms with Gasteiger partial charge in [0, 0.05) is 16.8 Å². The van der Waals surface area contributed by atoms with E-state index in [2.05, 4.69) is 34.5 Å². The molecule has 1 aliphatic rings. The van der Waals surface area contributed by atoms with E-state index in [0.717, 1.165) is 29.7 Å². The quantitative estimate of drug-likeness (QED) is 0.544. The zero-order chi connectivity index (χ0) is 23.0. The van der Waals surface area contributed by atoms with Gasteiger partial charge in [-0.15, -0.1) is 5.10 Å². The summed E-state index contributed by atoms with van der Waals surface area (Å²) < 4.78 is 45.9. The van der Waals surface area contributed by atoms with E-state index in [9.17, 15) is 13.2 Å². The van der Waals surface area contributed by atoms with Crippen LogP contribution in [-0.2, 0) is 6.18 Å². The Morgan fingerprint density at radius 1 is 1.19 bits per heavy atom. The van der Waals surface area contributed by atoms with Gasteiger partial charge in [0.25, 0.3) is 0 Å². The second kappa shape index (κ2) is 8.55. The number of benzene rings is 2. The molecule has 1 aliphatic carbocycles. The SMILES string of the molecule is Cc1c([C@@H](N)Nc2nncc3ccc(OC4CC(N(C)C)C4)cc23)cccc1C(F)(F)F. The van der Waals surface area contributed by atoms with E-state index in [0.29, 0.717) is 23.2 Å². The molecule has 0 aliphatic heterocycles. The first-order valence-electron chi connectivity index (χ1n) is 10.4. The van der Waals surface area contributed by atoms with Gasteiger partial charge < -0.3 is 20.7 Å². The summed E-state index contributed by atoms with van der Waals surface area (Å²) in [6, 6.07) is 10.1. The van der Waals surface area contributed by atoms with Gasteiger partial charge in [-0.3, -0.25) is 0 Å². The summed E-state index contributed by atoms with van der Waals surface area (Å²) in [6.45, 7) is 1.42. The molecule has 0 amide bonds. The molecular formula is C23H26F3N5O. The van der Waals surface area contributed by atoms with Crippen LogP contribution in [0.1, 0.15) is 35.7 Å². The van der Waals surface area contributed by atoms with Crippen molar-refractivity contribution in [2.75, 3.05) is 19.4 Å². The fraction of sp³-hybridized carbons (Fsp3) is 0.391. The molecule has 0 saturated heterocycles. The minimum absolute atomic E-state index is 0.0812. The van der Waals surface area contributed by atoms with Gasteiger partial charge in [-0.1, -0.05) is 12.1 Å². The molecule has 1 heterocycles. The van der Waals surface area contributed by atoms with E-state index < -0.39 is 17.9 Å². The number of aromatic nitrogens is 2. The van der Waals surface area contributed by atoms with Crippen LogP contribution in [0, 0.1) is 6.92 Å². The molecule has 6 nitrogen and oxygen atoms in total. The molecule has 1 atom stereocenters. The summed E-state index contributed by atoms with van der Waals surface area (Å²) in [6.07, 6.45) is -1.64. The molecule has 0 spiro atoms. The maximum absolute atomic E-state index is 13.3. The summed E-state index contributed by atoms with van der Waals surface area (Å²) in [5, 5.41) is 12.7. The standard InChI is InChI=1S/C23H26F3N5O/c1-13-18(5-4-6-20(13)23(24,25)26)21(27)29-22-19-11-16(8-7-14(19)12-28-30-22)32-17-9-15(10-17)31(2)3/h4-8,11-12,15,17,21H,9-10,27H2,1-3H3,(H,29,30)/t15?,17?,21-/m0/s1. The van der Waals surface area contributed by atoms with E-state index in [-0.39, 0.29) is 11.7 Å². The predicted octanol–water partition coefficient (Wildman–Crippen LogP) is 4.50. The number of nitrogens with two attached hydrogens (primary N) is 1. The van der Waals surface area contributed by atoms with Crippen molar-refractivity contribution in [3.05, 3.63) is 59.3 Å². The highest BCUT2D eigenvalue weighted by atomic mass is 19.4. The van der Waals surface area contributed by atoms with Crippen molar-refractivity contribution in [2.45, 2.75) is 44.3 Å². The third-order valence-corrected chi connectivity index (χ3v) is 6.05. The average Bonchev–Trinajstić information content (AvgIpc) is 2.69. The Morgan fingerprint density at radius 3 is 2.62 bits per heavy atom. The number of alkyl halides is 3. The zero-order valence-corrected chi connectivity index (χ0v) is 18.1. The van der Waals surface area contributed by atoms with E-state index in [1.807, 2.05) is 18.2 Å². The van der Waals surface area contributed by atoms with Crippen LogP contribution in [0.25, 0.3) is 10.8 Å². The van der Waals surface area contributed by atoms with E-state index in [4.69, 9.17) is 10.5 Å². The van der Waals surface area contributed by atoms with Crippen LogP contribution >= 0.6 is 0 Å². The van der Waals surface area contributed by atoms with Crippen LogP contribution in [0.3, 0.4) is 0 Å². The van der Waals surface area contributed by atoms with Gasteiger partial charge in [0.2, 0.25) is 0 Å². The smallest absolute Gasteiger partial charge is 0.416 e. The lowest BCUT2D eigenvalue weighted by molar-refractivity contribution is -0.138. The number of nitrogens with one attached hydrogen (secondary N) is 1. The molecule has 1 saturated carbocycles. The van der Waals surface area contributed by atoms with Crippen LogP contribution in [-0.4, -0.2) is 41.3 Å². The van der Waals surface area contributed by atoms with Gasteiger partial charge >= 0.3 is 6.18 Å². The van der Waals surface area contributed by atoms with Gasteiger partial charge in [-0.2, -0.15) is 18.3 Å². The van der Waals surface area contributed by atoms with Crippen molar-refractivity contribution in [2.24, 2.45) is 5.73 Å². The largest absolute Gasteiger partial charge is 0.490 e. The van der Waals surface area contributed by atoms with Gasteiger partial charge in [0.05, 0.1) is 11.8 Å². The lowest BCUT2D eigenvalue weighted by Gasteiger charge is -2.39. The van der Waals surface area contributed by atoms with Gasteiger partial charge in [-0.05, 0) is 69.3 Å². The third kappa shape index (κ3) is 4.49. The number of halogens is 3. The molecule has 1 aromatic heterocycles. The zero-order valence-electron chi connectivity index (χ0n) is 18.1. The van der Waals surface area contributed by atoms with E-state index in [1.54, 1.807) is 12.3 Å². The number of hydrogen-bond donors (Lipinski definition) is 2. The summed E-state index contributed by atoms with van der Waals surface area (Å²) >= 11 is 0. The Kier molecular flexibility index (Phi) is 5.96. The first kappa shape index (κ1) is 22.3. The number of hydrogen-bond acceptors (Lipinski definition) is 6. The maximum atomic E-state index is 13.3. The molecule has 9 heteroatoms. The monoisotopic (exact) mass is 445 g/mol. The van der Waals surface area contributed by atoms with Crippen LogP contribution in [0.5, 0.6) is 5.75 Å². The summed E-state index contributed by atoms with van der Waals surface area (Å²) in [5.74, 6) is 1.09. The molecule has 4 rings (SSSR count).